The Hall–Kier alpha value is -0.410. The molecule has 0 aromatic heterocycles. The number of nitrogens with one attached hydrogen (secondary N) is 1. The van der Waals surface area contributed by atoms with E-state index in [1.807, 2.05) is 12.1 Å². The lowest BCUT2D eigenvalue weighted by Crippen LogP contribution is -2.18. The molecule has 3 heteroatoms. The van der Waals surface area contributed by atoms with Crippen LogP contribution in [0.3, 0.4) is 0 Å². The van der Waals surface area contributed by atoms with Crippen molar-refractivity contribution in [1.82, 2.24) is 5.32 Å². The first-order chi connectivity index (χ1) is 8.13. The van der Waals surface area contributed by atoms with Gasteiger partial charge in [0.15, 0.2) is 0 Å². The molecule has 1 aromatic rings. The maximum absolute atomic E-state index is 13.1. The normalized spacial score (nSPS) is 12.7. The van der Waals surface area contributed by atoms with Crippen molar-refractivity contribution in [3.05, 3.63) is 34.1 Å². The van der Waals surface area contributed by atoms with Crippen molar-refractivity contribution in [2.45, 2.75) is 33.1 Å². The van der Waals surface area contributed by atoms with E-state index in [1.165, 1.54) is 18.1 Å². The monoisotopic (exact) mass is 301 g/mol. The molecule has 0 aliphatic heterocycles. The molecule has 1 nitrogen and oxygen atoms in total. The van der Waals surface area contributed by atoms with Gasteiger partial charge in [-0.1, -0.05) is 19.9 Å². The highest BCUT2D eigenvalue weighted by Gasteiger charge is 2.05. The summed E-state index contributed by atoms with van der Waals surface area (Å²) in [4.78, 5) is 0. The molecule has 96 valence electrons. The van der Waals surface area contributed by atoms with Crippen molar-refractivity contribution >= 4 is 15.9 Å². The van der Waals surface area contributed by atoms with E-state index in [1.54, 1.807) is 0 Å². The zero-order valence-electron chi connectivity index (χ0n) is 10.6. The molecule has 1 atom stereocenters. The Kier molecular flexibility index (Phi) is 6.75. The Morgan fingerprint density at radius 2 is 2.12 bits per heavy atom. The fraction of sp³-hybridized carbons (Fsp3) is 0.571. The quantitative estimate of drug-likeness (QED) is 0.746. The molecule has 0 amide bonds. The molecule has 0 heterocycles. The van der Waals surface area contributed by atoms with Crippen molar-refractivity contribution in [1.29, 1.82) is 0 Å². The average molecular weight is 302 g/mol. The average Bonchev–Trinajstić information content (AvgIpc) is 2.30. The van der Waals surface area contributed by atoms with Crippen LogP contribution >= 0.6 is 15.9 Å². The highest BCUT2D eigenvalue weighted by Crippen LogP contribution is 2.19. The lowest BCUT2D eigenvalue weighted by atomic mass is 9.98. The van der Waals surface area contributed by atoms with Crippen LogP contribution in [-0.2, 0) is 6.42 Å². The zero-order valence-corrected chi connectivity index (χ0v) is 12.2. The second-order valence-electron chi connectivity index (χ2n) is 4.60. The molecule has 1 N–H and O–H groups in total. The highest BCUT2D eigenvalue weighted by molar-refractivity contribution is 9.10. The zero-order chi connectivity index (χ0) is 12.7. The maximum atomic E-state index is 13.1. The largest absolute Gasteiger partial charge is 0.317 e. The third-order valence-corrected chi connectivity index (χ3v) is 3.42. The Bertz CT molecular complexity index is 341. The van der Waals surface area contributed by atoms with Gasteiger partial charge in [-0.05, 0) is 71.9 Å². The molecule has 0 fully saturated rings. The SMILES string of the molecule is CCCNCCC(C)Cc1ccc(F)c(Br)c1. The highest BCUT2D eigenvalue weighted by atomic mass is 79.9. The standard InChI is InChI=1S/C14H21BrFN/c1-3-7-17-8-6-11(2)9-12-4-5-14(16)13(15)10-12/h4-5,10-11,17H,3,6-9H2,1-2H3. The molecule has 0 aliphatic carbocycles. The van der Waals surface area contributed by atoms with E-state index in [0.717, 1.165) is 25.9 Å². The predicted molar refractivity (Wildman–Crippen MR) is 74.7 cm³/mol. The summed E-state index contributed by atoms with van der Waals surface area (Å²) in [5.41, 5.74) is 1.20. The lowest BCUT2D eigenvalue weighted by molar-refractivity contribution is 0.498. The molecular formula is C14H21BrFN. The van der Waals surface area contributed by atoms with Gasteiger partial charge in [0.1, 0.15) is 5.82 Å². The minimum atomic E-state index is -0.189. The van der Waals surface area contributed by atoms with Crippen molar-refractivity contribution in [3.8, 4) is 0 Å². The molecule has 1 rings (SSSR count). The Labute approximate surface area is 112 Å². The summed E-state index contributed by atoms with van der Waals surface area (Å²) in [5.74, 6) is 0.433. The van der Waals surface area contributed by atoms with Crippen LogP contribution in [0.4, 0.5) is 4.39 Å². The Morgan fingerprint density at radius 1 is 1.35 bits per heavy atom. The van der Waals surface area contributed by atoms with Gasteiger partial charge >= 0.3 is 0 Å². The number of hydrogen-bond acceptors (Lipinski definition) is 1. The summed E-state index contributed by atoms with van der Waals surface area (Å²) >= 11 is 3.22. The van der Waals surface area contributed by atoms with E-state index in [4.69, 9.17) is 0 Å². The number of halogens is 2. The minimum absolute atomic E-state index is 0.189. The van der Waals surface area contributed by atoms with Crippen molar-refractivity contribution in [2.75, 3.05) is 13.1 Å². The maximum Gasteiger partial charge on any atom is 0.137 e. The van der Waals surface area contributed by atoms with Crippen LogP contribution in [0.25, 0.3) is 0 Å². The van der Waals surface area contributed by atoms with Crippen molar-refractivity contribution in [2.24, 2.45) is 5.92 Å². The van der Waals surface area contributed by atoms with Gasteiger partial charge in [-0.25, -0.2) is 4.39 Å². The first kappa shape index (κ1) is 14.7. The molecule has 0 radical (unpaired) electrons. The van der Waals surface area contributed by atoms with E-state index < -0.39 is 0 Å². The van der Waals surface area contributed by atoms with Gasteiger partial charge < -0.3 is 5.32 Å². The second kappa shape index (κ2) is 7.83. The molecule has 17 heavy (non-hydrogen) atoms. The van der Waals surface area contributed by atoms with E-state index in [9.17, 15) is 4.39 Å². The number of benzene rings is 1. The summed E-state index contributed by atoms with van der Waals surface area (Å²) in [6.45, 7) is 6.57. The van der Waals surface area contributed by atoms with E-state index in [2.05, 4.69) is 35.1 Å². The molecular weight excluding hydrogens is 281 g/mol. The Balaban J connectivity index is 2.34. The van der Waals surface area contributed by atoms with Gasteiger partial charge in [0.05, 0.1) is 4.47 Å². The van der Waals surface area contributed by atoms with Gasteiger partial charge in [-0.2, -0.15) is 0 Å². The molecule has 0 saturated heterocycles. The first-order valence-corrected chi connectivity index (χ1v) is 7.07. The van der Waals surface area contributed by atoms with Gasteiger partial charge in [0, 0.05) is 0 Å². The molecule has 0 bridgehead atoms. The first-order valence-electron chi connectivity index (χ1n) is 6.28. The third-order valence-electron chi connectivity index (χ3n) is 2.81. The van der Waals surface area contributed by atoms with Crippen molar-refractivity contribution in [3.63, 3.8) is 0 Å². The van der Waals surface area contributed by atoms with Crippen LogP contribution in [0.2, 0.25) is 0 Å². The van der Waals surface area contributed by atoms with Crippen molar-refractivity contribution < 1.29 is 4.39 Å². The van der Waals surface area contributed by atoms with E-state index in [0.29, 0.717) is 10.4 Å². The summed E-state index contributed by atoms with van der Waals surface area (Å²) < 4.78 is 13.6. The third kappa shape index (κ3) is 5.64. The summed E-state index contributed by atoms with van der Waals surface area (Å²) in [5, 5.41) is 3.40. The lowest BCUT2D eigenvalue weighted by Gasteiger charge is -2.12. The summed E-state index contributed by atoms with van der Waals surface area (Å²) in [6, 6.07) is 5.28. The van der Waals surface area contributed by atoms with Crippen LogP contribution < -0.4 is 5.32 Å². The van der Waals surface area contributed by atoms with Crippen LogP contribution in [0.5, 0.6) is 0 Å². The fourth-order valence-corrected chi connectivity index (χ4v) is 2.25. The van der Waals surface area contributed by atoms with E-state index in [-0.39, 0.29) is 5.82 Å². The molecule has 1 unspecified atom stereocenters. The van der Waals surface area contributed by atoms with E-state index >= 15 is 0 Å². The second-order valence-corrected chi connectivity index (χ2v) is 5.45. The van der Waals surface area contributed by atoms with Crippen LogP contribution in [0.15, 0.2) is 22.7 Å². The van der Waals surface area contributed by atoms with Crippen LogP contribution in [-0.4, -0.2) is 13.1 Å². The fourth-order valence-electron chi connectivity index (χ4n) is 1.82. The topological polar surface area (TPSA) is 12.0 Å². The minimum Gasteiger partial charge on any atom is -0.317 e. The molecule has 0 saturated carbocycles. The van der Waals surface area contributed by atoms with Gasteiger partial charge in [-0.15, -0.1) is 0 Å². The van der Waals surface area contributed by atoms with Crippen LogP contribution in [0.1, 0.15) is 32.3 Å². The molecule has 0 aliphatic rings. The molecule has 0 spiro atoms. The van der Waals surface area contributed by atoms with Gasteiger partial charge in [0.2, 0.25) is 0 Å². The number of rotatable bonds is 7. The Morgan fingerprint density at radius 3 is 2.76 bits per heavy atom. The van der Waals surface area contributed by atoms with Crippen LogP contribution in [0, 0.1) is 11.7 Å². The predicted octanol–water partition coefficient (Wildman–Crippen LogP) is 4.16. The smallest absolute Gasteiger partial charge is 0.137 e. The van der Waals surface area contributed by atoms with Gasteiger partial charge in [-0.3, -0.25) is 0 Å². The molecule has 1 aromatic carbocycles. The van der Waals surface area contributed by atoms with Gasteiger partial charge in [0.25, 0.3) is 0 Å². The summed E-state index contributed by atoms with van der Waals surface area (Å²) in [7, 11) is 0. The number of hydrogen-bond donors (Lipinski definition) is 1. The summed E-state index contributed by atoms with van der Waals surface area (Å²) in [6.07, 6.45) is 3.35.